The van der Waals surface area contributed by atoms with E-state index in [0.29, 0.717) is 6.42 Å². The molecule has 0 spiro atoms. The normalized spacial score (nSPS) is 27.0. The first-order chi connectivity index (χ1) is 12.0. The maximum atomic E-state index is 11.8. The fraction of sp³-hybridized carbons (Fsp3) is 0.381. The van der Waals surface area contributed by atoms with Gasteiger partial charge < -0.3 is 10.4 Å². The van der Waals surface area contributed by atoms with Crippen LogP contribution in [0, 0.1) is 0 Å². The Morgan fingerprint density at radius 1 is 1.16 bits per heavy atom. The first-order valence-electron chi connectivity index (χ1n) is 8.80. The Balaban J connectivity index is 1.97. The van der Waals surface area contributed by atoms with Crippen LogP contribution in [0.4, 0.5) is 0 Å². The van der Waals surface area contributed by atoms with Crippen LogP contribution in [-0.2, 0) is 11.3 Å². The first-order valence-corrected chi connectivity index (χ1v) is 8.80. The third kappa shape index (κ3) is 4.09. The second-order valence-electron chi connectivity index (χ2n) is 7.10. The summed E-state index contributed by atoms with van der Waals surface area (Å²) in [6.45, 7) is 4.89. The lowest BCUT2D eigenvalue weighted by atomic mass is 9.79. The van der Waals surface area contributed by atoms with Gasteiger partial charge in [-0.05, 0) is 24.5 Å². The van der Waals surface area contributed by atoms with Gasteiger partial charge in [0.05, 0.1) is 17.7 Å². The first kappa shape index (κ1) is 17.6. The molecule has 1 heterocycles. The van der Waals surface area contributed by atoms with Crippen molar-refractivity contribution in [2.45, 2.75) is 44.5 Å². The van der Waals surface area contributed by atoms with Gasteiger partial charge in [-0.1, -0.05) is 60.7 Å². The highest BCUT2D eigenvalue weighted by Gasteiger charge is 2.45. The number of amides is 1. The summed E-state index contributed by atoms with van der Waals surface area (Å²) in [6.07, 6.45) is 0.619. The minimum atomic E-state index is -0.945. The molecule has 0 radical (unpaired) electrons. The Morgan fingerprint density at radius 3 is 2.36 bits per heavy atom. The van der Waals surface area contributed by atoms with Gasteiger partial charge in [0, 0.05) is 20.0 Å². The van der Waals surface area contributed by atoms with Crippen molar-refractivity contribution in [1.82, 2.24) is 10.2 Å². The monoisotopic (exact) mass is 338 g/mol. The molecule has 0 unspecified atom stereocenters. The molecule has 25 heavy (non-hydrogen) atoms. The van der Waals surface area contributed by atoms with Crippen molar-refractivity contribution in [2.24, 2.45) is 0 Å². The predicted octanol–water partition coefficient (Wildman–Crippen LogP) is 2.89. The van der Waals surface area contributed by atoms with Gasteiger partial charge in [-0.2, -0.15) is 0 Å². The largest absolute Gasteiger partial charge is 0.388 e. The number of benzene rings is 2. The van der Waals surface area contributed by atoms with Crippen LogP contribution in [0.15, 0.2) is 60.7 Å². The Kier molecular flexibility index (Phi) is 5.21. The molecular formula is C21H26N2O2. The highest BCUT2D eigenvalue weighted by molar-refractivity contribution is 5.73. The molecule has 3 atom stereocenters. The number of aliphatic hydroxyl groups is 1. The molecule has 1 amide bonds. The van der Waals surface area contributed by atoms with E-state index in [-0.39, 0.29) is 18.0 Å². The quantitative estimate of drug-likeness (QED) is 0.901. The fourth-order valence-corrected chi connectivity index (χ4v) is 3.72. The highest BCUT2D eigenvalue weighted by atomic mass is 16.3. The molecule has 4 nitrogen and oxygen atoms in total. The number of piperidine rings is 1. The number of nitrogens with zero attached hydrogens (tertiary/aromatic N) is 1. The molecule has 2 aromatic carbocycles. The smallest absolute Gasteiger partial charge is 0.217 e. The number of rotatable bonds is 4. The van der Waals surface area contributed by atoms with E-state index < -0.39 is 5.60 Å². The van der Waals surface area contributed by atoms with Gasteiger partial charge in [-0.15, -0.1) is 0 Å². The summed E-state index contributed by atoms with van der Waals surface area (Å²) in [6, 6.07) is 20.0. The zero-order chi connectivity index (χ0) is 17.9. The molecule has 3 rings (SSSR count). The average Bonchev–Trinajstić information content (AvgIpc) is 2.59. The molecule has 1 saturated heterocycles. The van der Waals surface area contributed by atoms with Gasteiger partial charge in [0.1, 0.15) is 0 Å². The minimum Gasteiger partial charge on any atom is -0.388 e. The van der Waals surface area contributed by atoms with Crippen molar-refractivity contribution in [3.05, 3.63) is 71.8 Å². The Bertz CT molecular complexity index is 700. The molecule has 1 fully saturated rings. The number of hydrogen-bond acceptors (Lipinski definition) is 3. The Labute approximate surface area is 149 Å². The number of carbonyl (C=O) groups excluding carboxylic acids is 1. The van der Waals surface area contributed by atoms with Gasteiger partial charge in [0.25, 0.3) is 0 Å². The summed E-state index contributed by atoms with van der Waals surface area (Å²) in [4.78, 5) is 14.2. The van der Waals surface area contributed by atoms with E-state index in [1.807, 2.05) is 43.3 Å². The SMILES string of the molecule is CC(=O)N[C@H]1[C@H](c2ccccc2)N(Cc2ccccc2)CC[C@@]1(C)O. The molecule has 0 aromatic heterocycles. The molecule has 0 bridgehead atoms. The lowest BCUT2D eigenvalue weighted by molar-refractivity contribution is -0.126. The second-order valence-corrected chi connectivity index (χ2v) is 7.10. The summed E-state index contributed by atoms with van der Waals surface area (Å²) in [5.41, 5.74) is 1.39. The topological polar surface area (TPSA) is 52.6 Å². The standard InChI is InChI=1S/C21H26N2O2/c1-16(24)22-20-19(18-11-7-4-8-12-18)23(14-13-21(20,2)25)15-17-9-5-3-6-10-17/h3-12,19-20,25H,13-15H2,1-2H3,(H,22,24)/t19-,20-,21+/m0/s1. The van der Waals surface area contributed by atoms with E-state index in [0.717, 1.165) is 18.7 Å². The summed E-state index contributed by atoms with van der Waals surface area (Å²) in [5, 5.41) is 14.0. The summed E-state index contributed by atoms with van der Waals surface area (Å²) in [7, 11) is 0. The van der Waals surface area contributed by atoms with Crippen molar-refractivity contribution in [2.75, 3.05) is 6.54 Å². The van der Waals surface area contributed by atoms with Crippen LogP contribution in [0.25, 0.3) is 0 Å². The molecule has 132 valence electrons. The average molecular weight is 338 g/mol. The van der Waals surface area contributed by atoms with E-state index in [1.165, 1.54) is 12.5 Å². The number of hydrogen-bond donors (Lipinski definition) is 2. The van der Waals surface area contributed by atoms with Crippen LogP contribution in [-0.4, -0.2) is 34.1 Å². The van der Waals surface area contributed by atoms with Crippen molar-refractivity contribution < 1.29 is 9.90 Å². The molecule has 2 aromatic rings. The molecule has 1 aliphatic rings. The van der Waals surface area contributed by atoms with Crippen LogP contribution in [0.2, 0.25) is 0 Å². The third-order valence-electron chi connectivity index (χ3n) is 5.01. The highest BCUT2D eigenvalue weighted by Crippen LogP contribution is 2.37. The molecule has 2 N–H and O–H groups in total. The fourth-order valence-electron chi connectivity index (χ4n) is 3.72. The van der Waals surface area contributed by atoms with Gasteiger partial charge in [-0.25, -0.2) is 0 Å². The van der Waals surface area contributed by atoms with Crippen molar-refractivity contribution in [3.63, 3.8) is 0 Å². The third-order valence-corrected chi connectivity index (χ3v) is 5.01. The van der Waals surface area contributed by atoms with Gasteiger partial charge >= 0.3 is 0 Å². The predicted molar refractivity (Wildman–Crippen MR) is 98.9 cm³/mol. The number of likely N-dealkylation sites (tertiary alicyclic amines) is 1. The number of carbonyl (C=O) groups is 1. The van der Waals surface area contributed by atoms with Crippen LogP contribution >= 0.6 is 0 Å². The maximum Gasteiger partial charge on any atom is 0.217 e. The number of nitrogens with one attached hydrogen (secondary N) is 1. The summed E-state index contributed by atoms with van der Waals surface area (Å²) in [5.74, 6) is -0.118. The Hall–Kier alpha value is -2.17. The van der Waals surface area contributed by atoms with E-state index in [4.69, 9.17) is 0 Å². The van der Waals surface area contributed by atoms with E-state index in [9.17, 15) is 9.90 Å². The molecular weight excluding hydrogens is 312 g/mol. The maximum absolute atomic E-state index is 11.8. The summed E-state index contributed by atoms with van der Waals surface area (Å²) >= 11 is 0. The van der Waals surface area contributed by atoms with E-state index in [1.54, 1.807) is 0 Å². The van der Waals surface area contributed by atoms with Gasteiger partial charge in [-0.3, -0.25) is 9.69 Å². The van der Waals surface area contributed by atoms with Crippen molar-refractivity contribution in [1.29, 1.82) is 0 Å². The molecule has 1 aliphatic heterocycles. The van der Waals surface area contributed by atoms with Crippen LogP contribution in [0.5, 0.6) is 0 Å². The van der Waals surface area contributed by atoms with Crippen molar-refractivity contribution >= 4 is 5.91 Å². The van der Waals surface area contributed by atoms with Gasteiger partial charge in [0.15, 0.2) is 0 Å². The van der Waals surface area contributed by atoms with Crippen LogP contribution in [0.3, 0.4) is 0 Å². The lowest BCUT2D eigenvalue weighted by Gasteiger charge is -2.49. The van der Waals surface area contributed by atoms with Gasteiger partial charge in [0.2, 0.25) is 5.91 Å². The summed E-state index contributed by atoms with van der Waals surface area (Å²) < 4.78 is 0. The van der Waals surface area contributed by atoms with Crippen LogP contribution in [0.1, 0.15) is 37.4 Å². The Morgan fingerprint density at radius 2 is 1.76 bits per heavy atom. The van der Waals surface area contributed by atoms with E-state index >= 15 is 0 Å². The molecule has 0 saturated carbocycles. The van der Waals surface area contributed by atoms with E-state index in [2.05, 4.69) is 34.5 Å². The lowest BCUT2D eigenvalue weighted by Crippen LogP contribution is -2.62. The van der Waals surface area contributed by atoms with Crippen molar-refractivity contribution in [3.8, 4) is 0 Å². The minimum absolute atomic E-state index is 0.0749. The zero-order valence-corrected chi connectivity index (χ0v) is 14.9. The molecule has 4 heteroatoms. The van der Waals surface area contributed by atoms with Crippen LogP contribution < -0.4 is 5.32 Å². The molecule has 0 aliphatic carbocycles. The second kappa shape index (κ2) is 7.38. The zero-order valence-electron chi connectivity index (χ0n) is 14.9.